The van der Waals surface area contributed by atoms with E-state index in [4.69, 9.17) is 5.41 Å². The third kappa shape index (κ3) is 5.74. The second-order valence-electron chi connectivity index (χ2n) is 7.98. The predicted molar refractivity (Wildman–Crippen MR) is 124 cm³/mol. The van der Waals surface area contributed by atoms with Crippen molar-refractivity contribution in [1.82, 2.24) is 15.3 Å². The average molecular weight is 441 g/mol. The van der Waals surface area contributed by atoms with Gasteiger partial charge in [-0.1, -0.05) is 12.1 Å². The number of H-pyrrole nitrogens is 1. The van der Waals surface area contributed by atoms with Crippen LogP contribution in [0.4, 0.5) is 11.5 Å². The molecule has 2 aliphatic heterocycles. The third-order valence-corrected chi connectivity index (χ3v) is 6.51. The Morgan fingerprint density at radius 3 is 2.71 bits per heavy atom. The van der Waals surface area contributed by atoms with Gasteiger partial charge in [-0.05, 0) is 69.1 Å². The van der Waals surface area contributed by atoms with E-state index in [1.54, 1.807) is 6.07 Å². The monoisotopic (exact) mass is 440 g/mol. The fourth-order valence-corrected chi connectivity index (χ4v) is 4.71. The largest absolute Gasteiger partial charge is 0.356 e. The number of nitrogens with one attached hydrogen (secondary N) is 4. The molecule has 0 aliphatic carbocycles. The number of aromatic amines is 1. The molecule has 4 rings (SSSR count). The molecule has 2 saturated heterocycles. The Balaban J connectivity index is 1.44. The molecule has 0 atom stereocenters. The molecule has 8 nitrogen and oxygen atoms in total. The fraction of sp³-hybridized carbons (Fsp3) is 0.455. The topological polar surface area (TPSA) is 114 Å². The summed E-state index contributed by atoms with van der Waals surface area (Å²) in [4.78, 5) is 34.1. The number of thioether (sulfide) groups is 1. The first kappa shape index (κ1) is 21.6. The van der Waals surface area contributed by atoms with Gasteiger partial charge in [-0.15, -0.1) is 0 Å². The highest BCUT2D eigenvalue weighted by molar-refractivity contribution is 8.14. The lowest BCUT2D eigenvalue weighted by Crippen LogP contribution is -2.34. The Morgan fingerprint density at radius 2 is 1.94 bits per heavy atom. The normalized spacial score (nSPS) is 17.4. The van der Waals surface area contributed by atoms with E-state index in [0.717, 1.165) is 63.6 Å². The summed E-state index contributed by atoms with van der Waals surface area (Å²) >= 11 is 1.11. The van der Waals surface area contributed by atoms with Gasteiger partial charge in [-0.3, -0.25) is 15.0 Å². The Hall–Kier alpha value is -2.65. The molecular weight excluding hydrogens is 412 g/mol. The van der Waals surface area contributed by atoms with Gasteiger partial charge in [0.05, 0.1) is 0 Å². The SMILES string of the molecule is N=C(Sc1nc(N2CCCCC2)cc(=O)[nH]1)c1cccc(NC(=O)C2CCNCC2)c1. The van der Waals surface area contributed by atoms with Gasteiger partial charge >= 0.3 is 0 Å². The van der Waals surface area contributed by atoms with E-state index < -0.39 is 0 Å². The molecular formula is C22H28N6O2S. The molecule has 31 heavy (non-hydrogen) atoms. The van der Waals surface area contributed by atoms with E-state index in [-0.39, 0.29) is 22.4 Å². The van der Waals surface area contributed by atoms with Crippen LogP contribution in [-0.2, 0) is 4.79 Å². The zero-order valence-corrected chi connectivity index (χ0v) is 18.3. The molecule has 2 aliphatic rings. The number of hydrogen-bond acceptors (Lipinski definition) is 7. The van der Waals surface area contributed by atoms with Crippen LogP contribution in [0.5, 0.6) is 0 Å². The van der Waals surface area contributed by atoms with Crippen LogP contribution in [0.2, 0.25) is 0 Å². The summed E-state index contributed by atoms with van der Waals surface area (Å²) in [5.74, 6) is 0.713. The molecule has 0 unspecified atom stereocenters. The summed E-state index contributed by atoms with van der Waals surface area (Å²) in [6, 6.07) is 8.79. The first-order valence-corrected chi connectivity index (χ1v) is 11.6. The van der Waals surface area contributed by atoms with Crippen LogP contribution in [-0.4, -0.2) is 47.1 Å². The van der Waals surface area contributed by atoms with Gasteiger partial charge < -0.3 is 20.5 Å². The second-order valence-corrected chi connectivity index (χ2v) is 8.98. The Kier molecular flexibility index (Phi) is 7.03. The number of piperidine rings is 2. The lowest BCUT2D eigenvalue weighted by molar-refractivity contribution is -0.120. The highest BCUT2D eigenvalue weighted by Gasteiger charge is 2.21. The Bertz CT molecular complexity index is 995. The van der Waals surface area contributed by atoms with Crippen molar-refractivity contribution in [3.8, 4) is 0 Å². The van der Waals surface area contributed by atoms with E-state index in [2.05, 4.69) is 25.5 Å². The Morgan fingerprint density at radius 1 is 1.16 bits per heavy atom. The number of carbonyl (C=O) groups excluding carboxylic acids is 1. The van der Waals surface area contributed by atoms with Crippen LogP contribution in [0.15, 0.2) is 40.3 Å². The van der Waals surface area contributed by atoms with Gasteiger partial charge in [-0.2, -0.15) is 0 Å². The van der Waals surface area contributed by atoms with Crippen LogP contribution < -0.4 is 21.1 Å². The molecule has 1 aromatic heterocycles. The number of aromatic nitrogens is 2. The van der Waals surface area contributed by atoms with Gasteiger partial charge in [0.2, 0.25) is 5.91 Å². The highest BCUT2D eigenvalue weighted by Crippen LogP contribution is 2.24. The minimum Gasteiger partial charge on any atom is -0.356 e. The average Bonchev–Trinajstić information content (AvgIpc) is 2.80. The number of benzene rings is 1. The first-order chi connectivity index (χ1) is 15.1. The number of rotatable bonds is 5. The zero-order valence-electron chi connectivity index (χ0n) is 17.4. The molecule has 0 spiro atoms. The van der Waals surface area contributed by atoms with Crippen LogP contribution in [0.3, 0.4) is 0 Å². The third-order valence-electron chi connectivity index (χ3n) is 5.69. The molecule has 164 valence electrons. The highest BCUT2D eigenvalue weighted by atomic mass is 32.2. The van der Waals surface area contributed by atoms with Gasteiger partial charge in [0.15, 0.2) is 5.16 Å². The summed E-state index contributed by atoms with van der Waals surface area (Å²) in [5.41, 5.74) is 1.13. The molecule has 0 radical (unpaired) electrons. The van der Waals surface area contributed by atoms with E-state index >= 15 is 0 Å². The standard InChI is InChI=1S/C22H28N6O2S/c23-20(31-22-26-18(14-19(29)27-22)28-11-2-1-3-12-28)16-5-4-6-17(13-16)25-21(30)15-7-9-24-10-8-15/h4-6,13-15,23-24H,1-3,7-12H2,(H,25,30)(H,26,27,29). The quantitative estimate of drug-likeness (QED) is 0.246. The molecule has 0 saturated carbocycles. The van der Waals surface area contributed by atoms with E-state index in [9.17, 15) is 9.59 Å². The van der Waals surface area contributed by atoms with Gasteiger partial charge in [0, 0.05) is 36.3 Å². The number of carbonyl (C=O) groups is 1. The summed E-state index contributed by atoms with van der Waals surface area (Å²) in [6.07, 6.45) is 5.08. The number of anilines is 2. The van der Waals surface area contributed by atoms with E-state index in [1.807, 2.05) is 18.2 Å². The molecule has 3 heterocycles. The van der Waals surface area contributed by atoms with Crippen LogP contribution in [0, 0.1) is 11.3 Å². The van der Waals surface area contributed by atoms with Gasteiger partial charge in [0.25, 0.3) is 5.56 Å². The Labute approximate surface area is 185 Å². The second kappa shape index (κ2) is 10.1. The number of nitrogens with zero attached hydrogens (tertiary/aromatic N) is 2. The summed E-state index contributed by atoms with van der Waals surface area (Å²) in [7, 11) is 0. The molecule has 2 aromatic rings. The molecule has 2 fully saturated rings. The summed E-state index contributed by atoms with van der Waals surface area (Å²) in [6.45, 7) is 3.52. The van der Waals surface area contributed by atoms with Crippen LogP contribution in [0.1, 0.15) is 37.7 Å². The van der Waals surface area contributed by atoms with Crippen molar-refractivity contribution in [1.29, 1.82) is 5.41 Å². The van der Waals surface area contributed by atoms with Crippen molar-refractivity contribution >= 4 is 34.2 Å². The summed E-state index contributed by atoms with van der Waals surface area (Å²) in [5, 5.41) is 15.4. The molecule has 0 bridgehead atoms. The molecule has 4 N–H and O–H groups in total. The van der Waals surface area contributed by atoms with Crippen molar-refractivity contribution in [2.75, 3.05) is 36.4 Å². The zero-order chi connectivity index (χ0) is 21.6. The smallest absolute Gasteiger partial charge is 0.253 e. The van der Waals surface area contributed by atoms with E-state index in [0.29, 0.717) is 22.2 Å². The lowest BCUT2D eigenvalue weighted by atomic mass is 9.97. The molecule has 1 aromatic carbocycles. The maximum Gasteiger partial charge on any atom is 0.253 e. The predicted octanol–water partition coefficient (Wildman–Crippen LogP) is 2.82. The van der Waals surface area contributed by atoms with Gasteiger partial charge in [0.1, 0.15) is 10.9 Å². The molecule has 9 heteroatoms. The minimum atomic E-state index is -0.214. The van der Waals surface area contributed by atoms with E-state index in [1.165, 1.54) is 12.5 Å². The van der Waals surface area contributed by atoms with Crippen molar-refractivity contribution in [2.24, 2.45) is 5.92 Å². The number of amides is 1. The van der Waals surface area contributed by atoms with Crippen molar-refractivity contribution in [3.05, 3.63) is 46.2 Å². The fourth-order valence-electron chi connectivity index (χ4n) is 3.98. The first-order valence-electron chi connectivity index (χ1n) is 10.8. The van der Waals surface area contributed by atoms with Crippen LogP contribution >= 0.6 is 11.8 Å². The minimum absolute atomic E-state index is 0.0190. The lowest BCUT2D eigenvalue weighted by Gasteiger charge is -2.27. The summed E-state index contributed by atoms with van der Waals surface area (Å²) < 4.78 is 0. The maximum atomic E-state index is 12.5. The van der Waals surface area contributed by atoms with Crippen molar-refractivity contribution in [2.45, 2.75) is 37.3 Å². The molecule has 1 amide bonds. The van der Waals surface area contributed by atoms with Gasteiger partial charge in [-0.25, -0.2) is 4.98 Å². The van der Waals surface area contributed by atoms with Crippen molar-refractivity contribution in [3.63, 3.8) is 0 Å². The van der Waals surface area contributed by atoms with Crippen LogP contribution in [0.25, 0.3) is 0 Å². The number of hydrogen-bond donors (Lipinski definition) is 4. The maximum absolute atomic E-state index is 12.5. The van der Waals surface area contributed by atoms with Crippen molar-refractivity contribution < 1.29 is 4.79 Å².